The molecule has 2 fully saturated rings. The summed E-state index contributed by atoms with van der Waals surface area (Å²) in [6, 6.07) is 15.1. The number of unbranched alkanes of at least 4 members (excludes halogenated alkanes) is 2. The number of nitrogens with zero attached hydrogens (tertiary/aromatic N) is 4. The standard InChI is InChI=1S/C72H106N12O20/c1-46(2)36-48-14-19-51(20-15-48)47(3)66(96)79-59(39-62(88)89)70(100)74-26-8-6-12-55(78-60(85)41-81-28-30-82(42-63(90)91)32-34-84(44-65(94)95)35-33-83(31-29-81)43-64(92)93)68(98)75-40-49-16-22-53(23-17-49)67(97)80-58(38-50-18-21-52-10-4-5-11-54(52)37-50)69(99)73-27-9-7-13-56(71(101)102)76-45-77-57(72(103)104)24-25-61(86)87/h4-5,10-11,14-15,18-21,37,46-47,49,53,55-59,76-77H,6-9,12-13,16-17,22-36,38-45H2,1-3H3,(H,73,99)(H,74,100)(H,75,98)(H,78,85)(H,79,96)(H,80,97)(H,86,87)(H,88,89)(H,90,91)(H,92,93)(H,94,95)(H,101,102)(H,103,104). The van der Waals surface area contributed by atoms with E-state index in [0.29, 0.717) is 50.0 Å². The molecule has 32 heteroatoms. The third-order valence-corrected chi connectivity index (χ3v) is 18.6. The molecule has 0 radical (unpaired) electrons. The number of fused-ring (bicyclic) bond motifs is 1. The van der Waals surface area contributed by atoms with Crippen molar-refractivity contribution in [3.8, 4) is 0 Å². The monoisotopic (exact) mass is 1460 g/mol. The maximum Gasteiger partial charge on any atom is 0.320 e. The van der Waals surface area contributed by atoms with Crippen LogP contribution in [0.3, 0.4) is 0 Å². The first kappa shape index (κ1) is 85.4. The van der Waals surface area contributed by atoms with E-state index in [9.17, 15) is 93.0 Å². The first-order valence-corrected chi connectivity index (χ1v) is 35.7. The van der Waals surface area contributed by atoms with Gasteiger partial charge in [0.25, 0.3) is 0 Å². The highest BCUT2D eigenvalue weighted by Crippen LogP contribution is 2.29. The summed E-state index contributed by atoms with van der Waals surface area (Å²) in [5.41, 5.74) is 2.56. The van der Waals surface area contributed by atoms with Gasteiger partial charge in [0.15, 0.2) is 0 Å². The first-order valence-electron chi connectivity index (χ1n) is 35.7. The number of carboxylic acid groups (broad SMARTS) is 7. The zero-order valence-electron chi connectivity index (χ0n) is 59.7. The fraction of sp³-hybridized carbons (Fsp3) is 0.597. The average molecular weight is 1460 g/mol. The van der Waals surface area contributed by atoms with Gasteiger partial charge in [-0.3, -0.25) is 92.6 Å². The Morgan fingerprint density at radius 2 is 0.923 bits per heavy atom. The number of aliphatic carboxylic acids is 7. The highest BCUT2D eigenvalue weighted by atomic mass is 16.4. The van der Waals surface area contributed by atoms with Gasteiger partial charge in [-0.05, 0) is 123 Å². The Labute approximate surface area is 605 Å². The lowest BCUT2D eigenvalue weighted by Crippen LogP contribution is -2.52. The Bertz CT molecular complexity index is 3320. The summed E-state index contributed by atoms with van der Waals surface area (Å²) in [5, 5.41) is 91.3. The highest BCUT2D eigenvalue weighted by Gasteiger charge is 2.33. The van der Waals surface area contributed by atoms with E-state index in [1.165, 1.54) is 0 Å². The summed E-state index contributed by atoms with van der Waals surface area (Å²) in [5.74, 6) is -12.4. The Kier molecular flexibility index (Phi) is 37.1. The van der Waals surface area contributed by atoms with Gasteiger partial charge >= 0.3 is 41.8 Å². The van der Waals surface area contributed by atoms with Crippen molar-refractivity contribution in [1.82, 2.24) is 62.1 Å². The minimum absolute atomic E-state index is 0.00392. The molecular formula is C72H106N12O20. The predicted molar refractivity (Wildman–Crippen MR) is 381 cm³/mol. The van der Waals surface area contributed by atoms with E-state index < -0.39 is 126 Å². The lowest BCUT2D eigenvalue weighted by molar-refractivity contribution is -0.142. The van der Waals surface area contributed by atoms with Crippen molar-refractivity contribution in [2.24, 2.45) is 17.8 Å². The molecule has 6 unspecified atom stereocenters. The molecule has 6 amide bonds. The molecule has 2 aliphatic rings. The molecule has 15 N–H and O–H groups in total. The van der Waals surface area contributed by atoms with Gasteiger partial charge < -0.3 is 67.6 Å². The lowest BCUT2D eigenvalue weighted by atomic mass is 9.81. The molecule has 574 valence electrons. The van der Waals surface area contributed by atoms with E-state index in [1.54, 1.807) is 26.5 Å². The number of carbonyl (C=O) groups is 13. The molecule has 3 aromatic carbocycles. The number of hydrogen-bond donors (Lipinski definition) is 15. The summed E-state index contributed by atoms with van der Waals surface area (Å²) >= 11 is 0. The Balaban J connectivity index is 1.23. The highest BCUT2D eigenvalue weighted by molar-refractivity contribution is 5.93. The summed E-state index contributed by atoms with van der Waals surface area (Å²) in [7, 11) is 0. The Hall–Kier alpha value is -9.21. The molecule has 32 nitrogen and oxygen atoms in total. The number of hydrogen-bond acceptors (Lipinski definition) is 19. The van der Waals surface area contributed by atoms with Gasteiger partial charge in [0.2, 0.25) is 35.4 Å². The molecule has 0 bridgehead atoms. The van der Waals surface area contributed by atoms with Gasteiger partial charge in [0.05, 0.1) is 38.5 Å². The van der Waals surface area contributed by atoms with Crippen LogP contribution in [0.25, 0.3) is 10.8 Å². The van der Waals surface area contributed by atoms with E-state index in [4.69, 9.17) is 5.11 Å². The molecule has 1 saturated carbocycles. The van der Waals surface area contributed by atoms with Crippen LogP contribution in [-0.2, 0) is 75.2 Å². The van der Waals surface area contributed by atoms with Crippen LogP contribution in [-0.4, -0.2) is 268 Å². The minimum atomic E-state index is -1.41. The van der Waals surface area contributed by atoms with Gasteiger partial charge in [-0.1, -0.05) is 80.6 Å². The molecule has 1 heterocycles. The SMILES string of the molecule is CC(C)Cc1ccc(C(C)C(=O)NC(CC(=O)O)C(=O)NCCCCC(NC(=O)CN2CCN(CC(=O)O)CCN(CC(=O)O)CCN(CC(=O)O)CC2)C(=O)NCC2CCC(C(=O)NC(Cc3ccc4ccccc4c3)C(=O)NCCCCC(NCNC(CCC(=O)O)C(=O)O)C(=O)O)CC2)cc1. The molecule has 0 aromatic heterocycles. The van der Waals surface area contributed by atoms with Crippen LogP contribution in [0.15, 0.2) is 66.7 Å². The summed E-state index contributed by atoms with van der Waals surface area (Å²) < 4.78 is 0. The maximum atomic E-state index is 14.4. The van der Waals surface area contributed by atoms with Crippen molar-refractivity contribution < 1.29 is 98.1 Å². The summed E-state index contributed by atoms with van der Waals surface area (Å²) in [4.78, 5) is 172. The van der Waals surface area contributed by atoms with Crippen LogP contribution < -0.4 is 42.5 Å². The molecule has 6 atom stereocenters. The average Bonchev–Trinajstić information content (AvgIpc) is 0.844. The number of rotatable bonds is 44. The van der Waals surface area contributed by atoms with E-state index in [0.717, 1.165) is 28.3 Å². The molecular weight excluding hydrogens is 1350 g/mol. The predicted octanol–water partition coefficient (Wildman–Crippen LogP) is 1.19. The van der Waals surface area contributed by atoms with Gasteiger partial charge in [0, 0.05) is 97.4 Å². The zero-order chi connectivity index (χ0) is 76.3. The number of carboxylic acids is 7. The Morgan fingerprint density at radius 3 is 1.42 bits per heavy atom. The Morgan fingerprint density at radius 1 is 0.442 bits per heavy atom. The second-order valence-corrected chi connectivity index (χ2v) is 27.4. The van der Waals surface area contributed by atoms with Crippen molar-refractivity contribution in [2.75, 3.05) is 105 Å². The largest absolute Gasteiger partial charge is 0.481 e. The minimum Gasteiger partial charge on any atom is -0.481 e. The fourth-order valence-electron chi connectivity index (χ4n) is 12.7. The van der Waals surface area contributed by atoms with Crippen LogP contribution in [0.1, 0.15) is 127 Å². The van der Waals surface area contributed by atoms with Gasteiger partial charge in [-0.25, -0.2) is 0 Å². The van der Waals surface area contributed by atoms with Crippen LogP contribution in [0, 0.1) is 17.8 Å². The van der Waals surface area contributed by atoms with Crippen LogP contribution >= 0.6 is 0 Å². The van der Waals surface area contributed by atoms with Gasteiger partial charge in [0.1, 0.15) is 30.2 Å². The molecule has 5 rings (SSSR count). The molecule has 3 aromatic rings. The van der Waals surface area contributed by atoms with Crippen molar-refractivity contribution in [2.45, 2.75) is 153 Å². The molecule has 1 aliphatic carbocycles. The number of amides is 6. The van der Waals surface area contributed by atoms with Gasteiger partial charge in [-0.2, -0.15) is 0 Å². The third-order valence-electron chi connectivity index (χ3n) is 18.6. The lowest BCUT2D eigenvalue weighted by Gasteiger charge is -2.33. The van der Waals surface area contributed by atoms with Crippen LogP contribution in [0.2, 0.25) is 0 Å². The van der Waals surface area contributed by atoms with E-state index in [2.05, 4.69) is 56.4 Å². The fourth-order valence-corrected chi connectivity index (χ4v) is 12.7. The molecule has 104 heavy (non-hydrogen) atoms. The summed E-state index contributed by atoms with van der Waals surface area (Å²) in [6.45, 7) is 5.65. The normalized spacial score (nSPS) is 17.6. The number of benzene rings is 3. The van der Waals surface area contributed by atoms with Crippen molar-refractivity contribution in [3.63, 3.8) is 0 Å². The van der Waals surface area contributed by atoms with Gasteiger partial charge in [-0.15, -0.1) is 0 Å². The quantitative estimate of drug-likeness (QED) is 0.0279. The smallest absolute Gasteiger partial charge is 0.320 e. The molecule has 0 spiro atoms. The molecule has 1 aliphatic heterocycles. The van der Waals surface area contributed by atoms with Crippen molar-refractivity contribution >= 4 is 88.0 Å². The van der Waals surface area contributed by atoms with Crippen LogP contribution in [0.4, 0.5) is 0 Å². The van der Waals surface area contributed by atoms with Crippen molar-refractivity contribution in [1.29, 1.82) is 0 Å². The van der Waals surface area contributed by atoms with E-state index in [1.807, 2.05) is 66.7 Å². The second-order valence-electron chi connectivity index (χ2n) is 27.4. The van der Waals surface area contributed by atoms with E-state index >= 15 is 0 Å². The van der Waals surface area contributed by atoms with Crippen LogP contribution in [0.5, 0.6) is 0 Å². The first-order chi connectivity index (χ1) is 49.5. The summed E-state index contributed by atoms with van der Waals surface area (Å²) in [6.07, 6.45) is 2.85. The third kappa shape index (κ3) is 32.6. The molecule has 1 saturated heterocycles. The zero-order valence-corrected chi connectivity index (χ0v) is 59.7. The number of carbonyl (C=O) groups excluding carboxylic acids is 6. The van der Waals surface area contributed by atoms with E-state index in [-0.39, 0.29) is 155 Å². The topological polar surface area (TPSA) is 473 Å². The maximum absolute atomic E-state index is 14.4. The second kappa shape index (κ2) is 45.1. The number of nitrogens with one attached hydrogen (secondary N) is 8. The van der Waals surface area contributed by atoms with Crippen molar-refractivity contribution in [3.05, 3.63) is 83.4 Å².